The number of fused-ring (bicyclic) bond motifs is 9. The number of benzene rings is 10. The summed E-state index contributed by atoms with van der Waals surface area (Å²) in [5, 5.41) is 6.24. The summed E-state index contributed by atoms with van der Waals surface area (Å²) in [6.07, 6.45) is -10.2. The number of alkyl halides is 6. The lowest BCUT2D eigenvalue weighted by molar-refractivity contribution is -0.143. The van der Waals surface area contributed by atoms with Crippen LogP contribution in [0.4, 0.5) is 26.3 Å². The maximum absolute atomic E-state index is 14.6. The van der Waals surface area contributed by atoms with E-state index in [9.17, 15) is 26.3 Å². The molecule has 0 aliphatic rings. The number of nitrogens with zero attached hydrogens (tertiary/aromatic N) is 6. The molecule has 0 N–H and O–H groups in total. The molecule has 77 heavy (non-hydrogen) atoms. The first-order valence-corrected chi connectivity index (χ1v) is 24.8. The topological polar surface area (TPSA) is 53.5 Å². The molecular formula is C65H38F6N6. The Labute approximate surface area is 435 Å². The molecule has 0 atom stereocenters. The smallest absolute Gasteiger partial charge is 0.309 e. The van der Waals surface area contributed by atoms with Crippen LogP contribution in [0.25, 0.3) is 128 Å². The third-order valence-corrected chi connectivity index (χ3v) is 14.5. The van der Waals surface area contributed by atoms with Crippen LogP contribution < -0.4 is 0 Å². The van der Waals surface area contributed by atoms with Gasteiger partial charge in [-0.2, -0.15) is 26.3 Å². The first kappa shape index (κ1) is 45.8. The summed E-state index contributed by atoms with van der Waals surface area (Å²) >= 11 is 0. The Morgan fingerprint density at radius 3 is 1.00 bits per heavy atom. The zero-order valence-corrected chi connectivity index (χ0v) is 40.4. The predicted octanol–water partition coefficient (Wildman–Crippen LogP) is 17.9. The molecule has 0 radical (unpaired) electrons. The van der Waals surface area contributed by atoms with Gasteiger partial charge in [0.2, 0.25) is 0 Å². The molecular weight excluding hydrogens is 979 g/mol. The van der Waals surface area contributed by atoms with E-state index in [4.69, 9.17) is 15.0 Å². The highest BCUT2D eigenvalue weighted by Crippen LogP contribution is 2.44. The van der Waals surface area contributed by atoms with Gasteiger partial charge in [0.1, 0.15) is 0 Å². The first-order valence-electron chi connectivity index (χ1n) is 24.8. The van der Waals surface area contributed by atoms with Crippen LogP contribution in [0.3, 0.4) is 0 Å². The van der Waals surface area contributed by atoms with Crippen LogP contribution >= 0.6 is 0 Å². The maximum Gasteiger partial charge on any atom is 0.416 e. The fraction of sp³-hybridized carbons (Fsp3) is 0.0308. The third-order valence-electron chi connectivity index (χ3n) is 14.5. The van der Waals surface area contributed by atoms with E-state index in [0.29, 0.717) is 16.8 Å². The highest BCUT2D eigenvalue weighted by Gasteiger charge is 2.37. The summed E-state index contributed by atoms with van der Waals surface area (Å²) in [7, 11) is 0. The van der Waals surface area contributed by atoms with Gasteiger partial charge in [-0.05, 0) is 102 Å². The van der Waals surface area contributed by atoms with Crippen molar-refractivity contribution in [1.82, 2.24) is 28.7 Å². The highest BCUT2D eigenvalue weighted by atomic mass is 19.4. The largest absolute Gasteiger partial charge is 0.416 e. The molecule has 12 heteroatoms. The summed E-state index contributed by atoms with van der Waals surface area (Å²) in [6.45, 7) is 0. The van der Waals surface area contributed by atoms with Crippen LogP contribution in [-0.2, 0) is 12.4 Å². The molecule has 0 spiro atoms. The minimum Gasteiger partial charge on any atom is -0.309 e. The Bertz CT molecular complexity index is 4300. The van der Waals surface area contributed by atoms with Gasteiger partial charge in [0.05, 0.1) is 44.2 Å². The average Bonchev–Trinajstić information content (AvgIpc) is 4.27. The van der Waals surface area contributed by atoms with Crippen molar-refractivity contribution in [3.05, 3.63) is 242 Å². The van der Waals surface area contributed by atoms with Gasteiger partial charge in [-0.15, -0.1) is 0 Å². The lowest BCUT2D eigenvalue weighted by Gasteiger charge is -2.18. The van der Waals surface area contributed by atoms with Crippen molar-refractivity contribution in [2.45, 2.75) is 12.4 Å². The van der Waals surface area contributed by atoms with E-state index in [1.165, 1.54) is 0 Å². The van der Waals surface area contributed by atoms with Crippen molar-refractivity contribution in [2.24, 2.45) is 0 Å². The lowest BCUT2D eigenvalue weighted by atomic mass is 9.94. The number of hydrogen-bond acceptors (Lipinski definition) is 3. The van der Waals surface area contributed by atoms with Gasteiger partial charge in [0.15, 0.2) is 17.5 Å². The van der Waals surface area contributed by atoms with E-state index < -0.39 is 23.5 Å². The Morgan fingerprint density at radius 2 is 0.597 bits per heavy atom. The SMILES string of the molecule is FC(F)(F)c1cc(-c2ccc(-n3c4ccc(-n5c6ccccc6c6ccccc65)cc4c4cc(-n5c6ccccc6c6ccccc65)ccc43)cc2-c2nc(-c3ccccc3)nc(-c3ccccc3)n2)cc(C(F)(F)F)c1. The van der Waals surface area contributed by atoms with Gasteiger partial charge < -0.3 is 13.7 Å². The van der Waals surface area contributed by atoms with Crippen LogP contribution in [0.15, 0.2) is 231 Å². The number of halogens is 6. The van der Waals surface area contributed by atoms with E-state index in [1.54, 1.807) is 18.2 Å². The number of rotatable bonds is 7. The Balaban J connectivity index is 1.07. The molecule has 4 aromatic heterocycles. The minimum atomic E-state index is -5.09. The quantitative estimate of drug-likeness (QED) is 0.150. The van der Waals surface area contributed by atoms with Gasteiger partial charge in [-0.25, -0.2) is 15.0 Å². The number of aromatic nitrogens is 6. The molecule has 0 saturated carbocycles. The Morgan fingerprint density at radius 1 is 0.260 bits per heavy atom. The minimum absolute atomic E-state index is 0.0450. The van der Waals surface area contributed by atoms with Gasteiger partial charge in [0.25, 0.3) is 0 Å². The van der Waals surface area contributed by atoms with Gasteiger partial charge in [0, 0.05) is 66.1 Å². The van der Waals surface area contributed by atoms with E-state index in [1.807, 2.05) is 109 Å². The summed E-state index contributed by atoms with van der Waals surface area (Å²) in [5.74, 6) is 0.569. The fourth-order valence-electron chi connectivity index (χ4n) is 11.1. The van der Waals surface area contributed by atoms with E-state index >= 15 is 0 Å². The van der Waals surface area contributed by atoms with E-state index in [-0.39, 0.29) is 40.2 Å². The molecule has 0 fully saturated rings. The monoisotopic (exact) mass is 1020 g/mol. The van der Waals surface area contributed by atoms with Gasteiger partial charge in [-0.3, -0.25) is 0 Å². The number of para-hydroxylation sites is 4. The second-order valence-electron chi connectivity index (χ2n) is 19.0. The Kier molecular flexibility index (Phi) is 10.3. The van der Waals surface area contributed by atoms with Crippen LogP contribution in [0.2, 0.25) is 0 Å². The maximum atomic E-state index is 14.6. The van der Waals surface area contributed by atoms with Gasteiger partial charge >= 0.3 is 12.4 Å². The molecule has 0 unspecified atom stereocenters. The van der Waals surface area contributed by atoms with Crippen LogP contribution in [0.5, 0.6) is 0 Å². The molecule has 0 aliphatic carbocycles. The van der Waals surface area contributed by atoms with Crippen molar-refractivity contribution in [3.8, 4) is 62.4 Å². The van der Waals surface area contributed by atoms with Crippen molar-refractivity contribution >= 4 is 65.4 Å². The third kappa shape index (κ3) is 7.62. The molecule has 14 aromatic rings. The standard InChI is InChI=1S/C65H38F6N6/c66-64(67,68)42-33-41(34-43(35-42)65(69,70)71)47-30-27-44(38-54(47)63-73-61(39-15-3-1-4-16-39)72-62(74-63)40-17-5-2-6-18-40)77-59-31-28-45(75-55-23-11-7-19-48(55)49-20-8-12-24-56(49)75)36-52(59)53-37-46(29-32-60(53)77)76-57-25-13-9-21-50(57)51-22-10-14-26-58(51)76/h1-38H. The Hall–Kier alpha value is -9.81. The molecule has 0 saturated heterocycles. The highest BCUT2D eigenvalue weighted by molar-refractivity contribution is 6.14. The van der Waals surface area contributed by atoms with Crippen LogP contribution in [0, 0.1) is 0 Å². The first-order chi connectivity index (χ1) is 37.4. The van der Waals surface area contributed by atoms with Crippen molar-refractivity contribution in [1.29, 1.82) is 0 Å². The van der Waals surface area contributed by atoms with Crippen LogP contribution in [0.1, 0.15) is 11.1 Å². The van der Waals surface area contributed by atoms with Crippen LogP contribution in [-0.4, -0.2) is 28.7 Å². The fourth-order valence-corrected chi connectivity index (χ4v) is 11.1. The molecule has 6 nitrogen and oxygen atoms in total. The van der Waals surface area contributed by atoms with Crippen molar-refractivity contribution in [3.63, 3.8) is 0 Å². The van der Waals surface area contributed by atoms with Gasteiger partial charge in [-0.1, -0.05) is 140 Å². The summed E-state index contributed by atoms with van der Waals surface area (Å²) in [4.78, 5) is 14.8. The predicted molar refractivity (Wildman–Crippen MR) is 295 cm³/mol. The van der Waals surface area contributed by atoms with E-state index in [2.05, 4.69) is 98.6 Å². The average molecular weight is 1020 g/mol. The lowest BCUT2D eigenvalue weighted by Crippen LogP contribution is -2.11. The molecule has 370 valence electrons. The normalized spacial score (nSPS) is 12.3. The second kappa shape index (κ2) is 17.4. The molecule has 14 rings (SSSR count). The molecule has 10 aromatic carbocycles. The van der Waals surface area contributed by atoms with Crippen molar-refractivity contribution < 1.29 is 26.3 Å². The molecule has 0 bridgehead atoms. The molecule has 0 amide bonds. The van der Waals surface area contributed by atoms with Crippen molar-refractivity contribution in [2.75, 3.05) is 0 Å². The zero-order chi connectivity index (χ0) is 52.2. The summed E-state index contributed by atoms with van der Waals surface area (Å²) in [5.41, 5.74) is 6.44. The molecule has 4 heterocycles. The van der Waals surface area contributed by atoms with E-state index in [0.717, 1.165) is 88.9 Å². The second-order valence-corrected chi connectivity index (χ2v) is 19.0. The molecule has 0 aliphatic heterocycles. The summed E-state index contributed by atoms with van der Waals surface area (Å²) < 4.78 is 94.4. The summed E-state index contributed by atoms with van der Waals surface area (Å²) in [6, 6.07) is 70.9. The zero-order valence-electron chi connectivity index (χ0n) is 40.4. The number of hydrogen-bond donors (Lipinski definition) is 0.